The molecule has 0 saturated heterocycles. The predicted octanol–water partition coefficient (Wildman–Crippen LogP) is 5.10. The summed E-state index contributed by atoms with van der Waals surface area (Å²) in [5, 5.41) is 0. The number of ether oxygens (including phenoxy) is 2. The van der Waals surface area contributed by atoms with Crippen molar-refractivity contribution in [2.75, 3.05) is 6.61 Å². The van der Waals surface area contributed by atoms with E-state index in [9.17, 15) is 18.0 Å². The Morgan fingerprint density at radius 2 is 2.04 bits per heavy atom. The van der Waals surface area contributed by atoms with Crippen molar-refractivity contribution in [3.63, 3.8) is 0 Å². The minimum Gasteiger partial charge on any atom is -0.477 e. The highest BCUT2D eigenvalue weighted by Gasteiger charge is 2.43. The fourth-order valence-electron chi connectivity index (χ4n) is 3.01. The zero-order valence-electron chi connectivity index (χ0n) is 14.7. The number of esters is 1. The Labute approximate surface area is 145 Å². The lowest BCUT2D eigenvalue weighted by Gasteiger charge is -2.35. The Kier molecular flexibility index (Phi) is 5.80. The summed E-state index contributed by atoms with van der Waals surface area (Å²) in [5.41, 5.74) is -0.0991. The average molecular weight is 356 g/mol. The summed E-state index contributed by atoms with van der Waals surface area (Å²) in [7, 11) is 0. The summed E-state index contributed by atoms with van der Waals surface area (Å²) in [6.07, 6.45) is -4.29. The molecular formula is C19H23F3O3. The number of halogens is 3. The Morgan fingerprint density at radius 1 is 1.36 bits per heavy atom. The summed E-state index contributed by atoms with van der Waals surface area (Å²) in [4.78, 5) is 12.3. The van der Waals surface area contributed by atoms with Crippen LogP contribution in [-0.4, -0.2) is 18.7 Å². The molecule has 1 aliphatic heterocycles. The van der Waals surface area contributed by atoms with Crippen LogP contribution in [0, 0.1) is 11.8 Å². The van der Waals surface area contributed by atoms with E-state index >= 15 is 0 Å². The normalized spacial score (nSPS) is 20.2. The maximum Gasteiger partial charge on any atom is 0.419 e. The summed E-state index contributed by atoms with van der Waals surface area (Å²) >= 11 is 0. The van der Waals surface area contributed by atoms with Crippen molar-refractivity contribution in [1.82, 2.24) is 0 Å². The minimum absolute atomic E-state index is 0.135. The van der Waals surface area contributed by atoms with Gasteiger partial charge in [-0.2, -0.15) is 13.2 Å². The first-order valence-corrected chi connectivity index (χ1v) is 8.39. The van der Waals surface area contributed by atoms with Crippen molar-refractivity contribution in [3.8, 4) is 5.75 Å². The fraction of sp³-hybridized carbons (Fsp3) is 0.526. The molecule has 3 nitrogen and oxygen atoms in total. The molecule has 1 heterocycles. The number of fused-ring (bicyclic) bond motifs is 1. The topological polar surface area (TPSA) is 35.5 Å². The van der Waals surface area contributed by atoms with Crippen molar-refractivity contribution >= 4 is 11.5 Å². The van der Waals surface area contributed by atoms with Gasteiger partial charge in [0, 0.05) is 11.5 Å². The van der Waals surface area contributed by atoms with E-state index in [-0.39, 0.29) is 12.4 Å². The van der Waals surface area contributed by atoms with Crippen molar-refractivity contribution in [2.24, 2.45) is 11.8 Å². The summed E-state index contributed by atoms with van der Waals surface area (Å²) in [6.45, 7) is 9.84. The number of hydrogen-bond acceptors (Lipinski definition) is 3. The Morgan fingerprint density at radius 3 is 2.60 bits per heavy atom. The molecule has 2 rings (SSSR count). The Bertz CT molecular complexity index is 650. The van der Waals surface area contributed by atoms with Crippen LogP contribution in [0.1, 0.15) is 44.7 Å². The highest BCUT2D eigenvalue weighted by molar-refractivity contribution is 5.84. The smallest absolute Gasteiger partial charge is 0.419 e. The lowest BCUT2D eigenvalue weighted by molar-refractivity contribution is -0.155. The van der Waals surface area contributed by atoms with Crippen LogP contribution in [0.4, 0.5) is 13.2 Å². The molecule has 1 aliphatic rings. The molecule has 0 N–H and O–H groups in total. The lowest BCUT2D eigenvalue weighted by Crippen LogP contribution is -2.40. The predicted molar refractivity (Wildman–Crippen MR) is 89.1 cm³/mol. The van der Waals surface area contributed by atoms with E-state index in [2.05, 4.69) is 6.58 Å². The van der Waals surface area contributed by atoms with Gasteiger partial charge in [0.15, 0.2) is 0 Å². The quantitative estimate of drug-likeness (QED) is 0.689. The molecule has 0 unspecified atom stereocenters. The van der Waals surface area contributed by atoms with Crippen LogP contribution in [-0.2, 0) is 15.7 Å². The van der Waals surface area contributed by atoms with E-state index < -0.39 is 29.7 Å². The molecule has 0 bridgehead atoms. The van der Waals surface area contributed by atoms with Gasteiger partial charge < -0.3 is 9.47 Å². The second-order valence-corrected chi connectivity index (χ2v) is 6.57. The van der Waals surface area contributed by atoms with Gasteiger partial charge in [0.1, 0.15) is 5.75 Å². The highest BCUT2D eigenvalue weighted by Crippen LogP contribution is 2.47. The molecule has 138 valence electrons. The third-order valence-corrected chi connectivity index (χ3v) is 4.30. The third-order valence-electron chi connectivity index (χ3n) is 4.30. The molecule has 6 heteroatoms. The molecule has 2 atom stereocenters. The number of rotatable bonds is 5. The maximum atomic E-state index is 13.3. The zero-order valence-corrected chi connectivity index (χ0v) is 14.7. The number of carbonyl (C=O) groups excluding carboxylic acids is 1. The second kappa shape index (κ2) is 7.50. The monoisotopic (exact) mass is 356 g/mol. The first kappa shape index (κ1) is 19.3. The first-order chi connectivity index (χ1) is 11.7. The van der Waals surface area contributed by atoms with E-state index in [0.29, 0.717) is 23.5 Å². The molecule has 0 fully saturated rings. The van der Waals surface area contributed by atoms with Crippen molar-refractivity contribution in [2.45, 2.75) is 45.9 Å². The molecule has 1 aromatic carbocycles. The van der Waals surface area contributed by atoms with E-state index in [1.807, 2.05) is 13.8 Å². The van der Waals surface area contributed by atoms with Crippen LogP contribution >= 0.6 is 0 Å². The van der Waals surface area contributed by atoms with E-state index in [1.165, 1.54) is 6.07 Å². The van der Waals surface area contributed by atoms with E-state index in [0.717, 1.165) is 12.5 Å². The molecular weight excluding hydrogens is 333 g/mol. The lowest BCUT2D eigenvalue weighted by atomic mass is 9.81. The van der Waals surface area contributed by atoms with Crippen LogP contribution in [0.15, 0.2) is 24.8 Å². The maximum absolute atomic E-state index is 13.3. The van der Waals surface area contributed by atoms with Gasteiger partial charge >= 0.3 is 12.1 Å². The number of alkyl halides is 3. The van der Waals surface area contributed by atoms with Crippen molar-refractivity contribution < 1.29 is 27.4 Å². The SMILES string of the molecule is C=C1c2cccc(C(F)(F)F)c2O[C@H](C(=O)OCC)[C@H]1CCC(C)C. The molecule has 0 saturated carbocycles. The van der Waals surface area contributed by atoms with E-state index in [4.69, 9.17) is 9.47 Å². The summed E-state index contributed by atoms with van der Waals surface area (Å²) in [6, 6.07) is 3.83. The Hall–Kier alpha value is -1.98. The second-order valence-electron chi connectivity index (χ2n) is 6.57. The summed E-state index contributed by atoms with van der Waals surface area (Å²) in [5.74, 6) is -1.00. The number of benzene rings is 1. The Balaban J connectivity index is 2.47. The highest BCUT2D eigenvalue weighted by atomic mass is 19.4. The van der Waals surface area contributed by atoms with Crippen LogP contribution in [0.3, 0.4) is 0 Å². The number of carbonyl (C=O) groups is 1. The van der Waals surface area contributed by atoms with Gasteiger partial charge in [-0.15, -0.1) is 0 Å². The van der Waals surface area contributed by atoms with Gasteiger partial charge in [-0.1, -0.05) is 39.0 Å². The number of hydrogen-bond donors (Lipinski definition) is 0. The average Bonchev–Trinajstić information content (AvgIpc) is 2.52. The summed E-state index contributed by atoms with van der Waals surface area (Å²) < 4.78 is 50.5. The number of para-hydroxylation sites is 1. The molecule has 0 aromatic heterocycles. The van der Waals surface area contributed by atoms with Crippen molar-refractivity contribution in [1.29, 1.82) is 0 Å². The van der Waals surface area contributed by atoms with E-state index in [1.54, 1.807) is 13.0 Å². The van der Waals surface area contributed by atoms with Gasteiger partial charge in [0.05, 0.1) is 12.2 Å². The standard InChI is InChI=1S/C19H23F3O3/c1-5-24-18(23)17-14(10-9-11(2)3)12(4)13-7-6-8-15(16(13)25-17)19(20,21)22/h6-8,11,14,17H,4-5,9-10H2,1-3H3/t14-,17-/m0/s1. The zero-order chi connectivity index (χ0) is 18.8. The van der Waals surface area contributed by atoms with Gasteiger partial charge in [-0.05, 0) is 30.9 Å². The fourth-order valence-corrected chi connectivity index (χ4v) is 3.01. The molecule has 0 aliphatic carbocycles. The van der Waals surface area contributed by atoms with Crippen LogP contribution in [0.25, 0.3) is 5.57 Å². The van der Waals surface area contributed by atoms with Gasteiger partial charge in [-0.25, -0.2) is 4.79 Å². The van der Waals surface area contributed by atoms with Crippen molar-refractivity contribution in [3.05, 3.63) is 35.9 Å². The minimum atomic E-state index is -4.57. The van der Waals surface area contributed by atoms with Gasteiger partial charge in [0.25, 0.3) is 0 Å². The third kappa shape index (κ3) is 4.17. The molecule has 25 heavy (non-hydrogen) atoms. The van der Waals surface area contributed by atoms with Crippen LogP contribution < -0.4 is 4.74 Å². The van der Waals surface area contributed by atoms with Gasteiger partial charge in [-0.3, -0.25) is 0 Å². The van der Waals surface area contributed by atoms with Gasteiger partial charge in [0.2, 0.25) is 6.10 Å². The molecule has 0 spiro atoms. The molecule has 1 aromatic rings. The molecule has 0 radical (unpaired) electrons. The molecule has 0 amide bonds. The van der Waals surface area contributed by atoms with Crippen LogP contribution in [0.5, 0.6) is 5.75 Å². The first-order valence-electron chi connectivity index (χ1n) is 8.39. The largest absolute Gasteiger partial charge is 0.477 e. The van der Waals surface area contributed by atoms with Crippen LogP contribution in [0.2, 0.25) is 0 Å².